The van der Waals surface area contributed by atoms with Crippen LogP contribution >= 0.6 is 0 Å². The van der Waals surface area contributed by atoms with Crippen molar-refractivity contribution in [2.75, 3.05) is 6.61 Å². The van der Waals surface area contributed by atoms with Crippen LogP contribution in [0.15, 0.2) is 24.0 Å². The molecule has 1 heteroatoms. The molecule has 2 fully saturated rings. The molecular weight excluding hydrogens is 232 g/mol. The van der Waals surface area contributed by atoms with Crippen LogP contribution in [0.3, 0.4) is 0 Å². The Bertz CT molecular complexity index is 347. The molecule has 2 saturated carbocycles. The minimum atomic E-state index is 0.796. The average Bonchev–Trinajstić information content (AvgIpc) is 2.46. The third-order valence-corrected chi connectivity index (χ3v) is 5.40. The Morgan fingerprint density at radius 1 is 1.05 bits per heavy atom. The van der Waals surface area contributed by atoms with Gasteiger partial charge in [0.2, 0.25) is 0 Å². The van der Waals surface area contributed by atoms with Gasteiger partial charge in [0.05, 0.1) is 6.61 Å². The summed E-state index contributed by atoms with van der Waals surface area (Å²) >= 11 is 0. The van der Waals surface area contributed by atoms with Gasteiger partial charge in [0.25, 0.3) is 0 Å². The van der Waals surface area contributed by atoms with E-state index < -0.39 is 0 Å². The zero-order valence-corrected chi connectivity index (χ0v) is 12.3. The van der Waals surface area contributed by atoms with E-state index in [4.69, 9.17) is 4.74 Å². The molecule has 0 N–H and O–H groups in total. The molecule has 3 aliphatic rings. The van der Waals surface area contributed by atoms with Crippen LogP contribution in [0, 0.1) is 23.7 Å². The summed E-state index contributed by atoms with van der Waals surface area (Å²) in [6.45, 7) is 3.35. The Hall–Kier alpha value is -0.720. The minimum absolute atomic E-state index is 0.796. The van der Waals surface area contributed by atoms with Gasteiger partial charge in [0.15, 0.2) is 0 Å². The van der Waals surface area contributed by atoms with E-state index in [9.17, 15) is 0 Å². The second-order valence-electron chi connectivity index (χ2n) is 6.97. The van der Waals surface area contributed by atoms with Gasteiger partial charge >= 0.3 is 0 Å². The van der Waals surface area contributed by atoms with E-state index in [1.807, 2.05) is 0 Å². The zero-order valence-electron chi connectivity index (χ0n) is 12.3. The van der Waals surface area contributed by atoms with Crippen LogP contribution < -0.4 is 0 Å². The number of hydrogen-bond donors (Lipinski definition) is 0. The summed E-state index contributed by atoms with van der Waals surface area (Å²) in [5.74, 6) is 4.50. The van der Waals surface area contributed by atoms with E-state index in [2.05, 4.69) is 25.2 Å². The van der Waals surface area contributed by atoms with Crippen molar-refractivity contribution in [2.24, 2.45) is 23.7 Å². The third-order valence-electron chi connectivity index (χ3n) is 5.40. The van der Waals surface area contributed by atoms with Crippen LogP contribution in [0.2, 0.25) is 0 Å². The predicted octanol–water partition coefficient (Wildman–Crippen LogP) is 5.09. The Morgan fingerprint density at radius 2 is 1.84 bits per heavy atom. The van der Waals surface area contributed by atoms with Gasteiger partial charge in [-0.3, -0.25) is 0 Å². The molecule has 0 bridgehead atoms. The maximum absolute atomic E-state index is 5.93. The van der Waals surface area contributed by atoms with Crippen LogP contribution in [0.5, 0.6) is 0 Å². The first-order valence-corrected chi connectivity index (χ1v) is 8.34. The fraction of sp³-hybridized carbons (Fsp3) is 0.778. The Labute approximate surface area is 118 Å². The molecule has 3 rings (SSSR count). The SMILES string of the molecule is CC1CCC(/C=C/C2=CC3CCCCC3CO2)CC1. The Kier molecular flexibility index (Phi) is 4.30. The molecule has 0 amide bonds. The smallest absolute Gasteiger partial charge is 0.115 e. The number of allylic oxidation sites excluding steroid dienone is 3. The molecule has 106 valence electrons. The van der Waals surface area contributed by atoms with Gasteiger partial charge in [-0.15, -0.1) is 0 Å². The molecule has 0 aromatic rings. The van der Waals surface area contributed by atoms with E-state index in [-0.39, 0.29) is 0 Å². The molecule has 1 aliphatic heterocycles. The molecule has 0 saturated heterocycles. The number of hydrogen-bond acceptors (Lipinski definition) is 1. The first kappa shape index (κ1) is 13.3. The van der Waals surface area contributed by atoms with Crippen LogP contribution in [0.1, 0.15) is 58.3 Å². The number of rotatable bonds is 2. The lowest BCUT2D eigenvalue weighted by Gasteiger charge is -2.33. The second kappa shape index (κ2) is 6.15. The van der Waals surface area contributed by atoms with E-state index in [1.54, 1.807) is 0 Å². The first-order chi connectivity index (χ1) is 9.31. The maximum Gasteiger partial charge on any atom is 0.115 e. The van der Waals surface area contributed by atoms with Crippen molar-refractivity contribution < 1.29 is 4.74 Å². The van der Waals surface area contributed by atoms with E-state index >= 15 is 0 Å². The van der Waals surface area contributed by atoms with Gasteiger partial charge in [-0.05, 0) is 61.5 Å². The lowest BCUT2D eigenvalue weighted by molar-refractivity contribution is 0.0993. The lowest BCUT2D eigenvalue weighted by Crippen LogP contribution is -2.26. The highest BCUT2D eigenvalue weighted by atomic mass is 16.5. The highest BCUT2D eigenvalue weighted by molar-refractivity contribution is 5.17. The first-order valence-electron chi connectivity index (χ1n) is 8.34. The summed E-state index contributed by atoms with van der Waals surface area (Å²) in [7, 11) is 0. The monoisotopic (exact) mass is 260 g/mol. The maximum atomic E-state index is 5.93. The van der Waals surface area contributed by atoms with Crippen molar-refractivity contribution in [3.8, 4) is 0 Å². The van der Waals surface area contributed by atoms with Crippen molar-refractivity contribution >= 4 is 0 Å². The predicted molar refractivity (Wildman–Crippen MR) is 79.7 cm³/mol. The molecule has 2 atom stereocenters. The average molecular weight is 260 g/mol. The van der Waals surface area contributed by atoms with E-state index in [0.29, 0.717) is 0 Å². The van der Waals surface area contributed by atoms with Crippen molar-refractivity contribution in [1.82, 2.24) is 0 Å². The highest BCUT2D eigenvalue weighted by Crippen LogP contribution is 2.36. The summed E-state index contributed by atoms with van der Waals surface area (Å²) in [4.78, 5) is 0. The fourth-order valence-corrected chi connectivity index (χ4v) is 3.94. The van der Waals surface area contributed by atoms with Crippen molar-refractivity contribution in [3.05, 3.63) is 24.0 Å². The minimum Gasteiger partial charge on any atom is -0.494 e. The molecule has 1 nitrogen and oxygen atoms in total. The van der Waals surface area contributed by atoms with Gasteiger partial charge in [-0.1, -0.05) is 38.7 Å². The molecule has 19 heavy (non-hydrogen) atoms. The summed E-state index contributed by atoms with van der Waals surface area (Å²) in [5.41, 5.74) is 0. The third kappa shape index (κ3) is 3.43. The van der Waals surface area contributed by atoms with E-state index in [0.717, 1.165) is 36.0 Å². The van der Waals surface area contributed by atoms with E-state index in [1.165, 1.54) is 51.4 Å². The normalized spacial score (nSPS) is 39.5. The van der Waals surface area contributed by atoms with Gasteiger partial charge < -0.3 is 4.74 Å². The summed E-state index contributed by atoms with van der Waals surface area (Å²) in [6.07, 6.45) is 18.2. The lowest BCUT2D eigenvalue weighted by atomic mass is 9.78. The van der Waals surface area contributed by atoms with Crippen LogP contribution in [-0.4, -0.2) is 6.61 Å². The highest BCUT2D eigenvalue weighted by Gasteiger charge is 2.27. The molecule has 2 unspecified atom stereocenters. The number of ether oxygens (including phenoxy) is 1. The molecule has 0 aromatic heterocycles. The zero-order chi connectivity index (χ0) is 13.1. The largest absolute Gasteiger partial charge is 0.494 e. The van der Waals surface area contributed by atoms with Crippen LogP contribution in [-0.2, 0) is 4.74 Å². The quantitative estimate of drug-likeness (QED) is 0.672. The molecule has 0 radical (unpaired) electrons. The summed E-state index contributed by atoms with van der Waals surface area (Å²) in [5, 5.41) is 0. The summed E-state index contributed by atoms with van der Waals surface area (Å²) < 4.78 is 5.93. The second-order valence-corrected chi connectivity index (χ2v) is 6.97. The molecule has 0 aromatic carbocycles. The molecular formula is C18H28O. The Balaban J connectivity index is 1.56. The summed E-state index contributed by atoms with van der Waals surface area (Å²) in [6, 6.07) is 0. The van der Waals surface area contributed by atoms with Crippen molar-refractivity contribution in [1.29, 1.82) is 0 Å². The van der Waals surface area contributed by atoms with Crippen molar-refractivity contribution in [3.63, 3.8) is 0 Å². The van der Waals surface area contributed by atoms with Gasteiger partial charge in [0, 0.05) is 0 Å². The van der Waals surface area contributed by atoms with Crippen molar-refractivity contribution in [2.45, 2.75) is 58.3 Å². The van der Waals surface area contributed by atoms with Gasteiger partial charge in [-0.2, -0.15) is 0 Å². The topological polar surface area (TPSA) is 9.23 Å². The Morgan fingerprint density at radius 3 is 2.68 bits per heavy atom. The fourth-order valence-electron chi connectivity index (χ4n) is 3.94. The van der Waals surface area contributed by atoms with Crippen LogP contribution in [0.25, 0.3) is 0 Å². The number of fused-ring (bicyclic) bond motifs is 1. The molecule has 2 aliphatic carbocycles. The molecule has 0 spiro atoms. The molecule has 1 heterocycles. The van der Waals surface area contributed by atoms with Gasteiger partial charge in [0.1, 0.15) is 5.76 Å². The van der Waals surface area contributed by atoms with Gasteiger partial charge in [-0.25, -0.2) is 0 Å². The standard InChI is InChI=1S/C18H28O/c1-14-6-8-15(9-7-14)10-11-18-12-16-4-2-3-5-17(16)13-19-18/h10-12,14-17H,2-9,13H2,1H3/b11-10+. The van der Waals surface area contributed by atoms with Crippen LogP contribution in [0.4, 0.5) is 0 Å².